The highest BCUT2D eigenvalue weighted by Gasteiger charge is 2.11. The van der Waals surface area contributed by atoms with E-state index in [0.29, 0.717) is 5.56 Å². The van der Waals surface area contributed by atoms with E-state index in [1.807, 2.05) is 0 Å². The van der Waals surface area contributed by atoms with Crippen LogP contribution in [0.1, 0.15) is 0 Å². The van der Waals surface area contributed by atoms with Crippen molar-refractivity contribution in [3.05, 3.63) is 85.2 Å². The molecule has 6 heteroatoms. The van der Waals surface area contributed by atoms with Crippen LogP contribution >= 0.6 is 0 Å². The number of nitrogens with zero attached hydrogens (tertiary/aromatic N) is 1. The normalized spacial score (nSPS) is 10.5. The monoisotopic (exact) mass is 295 g/mol. The third-order valence-electron chi connectivity index (χ3n) is 3.17. The average molecular weight is 295 g/mol. The van der Waals surface area contributed by atoms with E-state index in [1.165, 1.54) is 42.5 Å². The van der Waals surface area contributed by atoms with Crippen LogP contribution in [0.2, 0.25) is 0 Å². The fourth-order valence-electron chi connectivity index (χ4n) is 2.13. The lowest BCUT2D eigenvalue weighted by molar-refractivity contribution is -0.384. The summed E-state index contributed by atoms with van der Waals surface area (Å²) in [6, 6.07) is 12.8. The molecule has 0 bridgehead atoms. The van der Waals surface area contributed by atoms with Crippen LogP contribution < -0.4 is 10.9 Å². The first-order chi connectivity index (χ1) is 10.6. The quantitative estimate of drug-likeness (QED) is 0.535. The summed E-state index contributed by atoms with van der Waals surface area (Å²) in [5.41, 5.74) is -0.639. The Hall–Kier alpha value is -3.28. The molecule has 22 heavy (non-hydrogen) atoms. The number of benzene rings is 1. The Balaban J connectivity index is 2.32. The minimum atomic E-state index is -0.540. The van der Waals surface area contributed by atoms with Crippen molar-refractivity contribution in [1.82, 2.24) is 0 Å². The van der Waals surface area contributed by atoms with Gasteiger partial charge in [-0.3, -0.25) is 19.7 Å². The molecule has 2 aromatic carbocycles. The molecule has 0 N–H and O–H groups in total. The lowest BCUT2D eigenvalue weighted by Crippen LogP contribution is -2.05. The van der Waals surface area contributed by atoms with E-state index in [9.17, 15) is 19.7 Å². The molecule has 0 amide bonds. The Bertz CT molecular complexity index is 1010. The number of hydrogen-bond donors (Lipinski definition) is 0. The maximum Gasteiger partial charge on any atom is 0.270 e. The van der Waals surface area contributed by atoms with Crippen molar-refractivity contribution in [1.29, 1.82) is 0 Å². The van der Waals surface area contributed by atoms with E-state index in [0.717, 1.165) is 0 Å². The average Bonchev–Trinajstić information content (AvgIpc) is 2.70. The zero-order valence-corrected chi connectivity index (χ0v) is 11.2. The molecule has 3 aromatic rings. The van der Waals surface area contributed by atoms with E-state index in [1.54, 1.807) is 12.1 Å². The Kier molecular flexibility index (Phi) is 3.27. The summed E-state index contributed by atoms with van der Waals surface area (Å²) in [6.07, 6.45) is 0. The van der Waals surface area contributed by atoms with Crippen molar-refractivity contribution < 1.29 is 9.34 Å². The molecular formula is C16H9NO5. The molecule has 0 aliphatic rings. The predicted octanol–water partition coefficient (Wildman–Crippen LogP) is 2.73. The number of nitro benzene ring substituents is 1. The van der Waals surface area contributed by atoms with Crippen molar-refractivity contribution in [2.45, 2.75) is 0 Å². The van der Waals surface area contributed by atoms with Gasteiger partial charge in [0.15, 0.2) is 11.0 Å². The molecule has 1 aromatic heterocycles. The zero-order chi connectivity index (χ0) is 15.7. The van der Waals surface area contributed by atoms with Gasteiger partial charge in [-0.15, -0.1) is 0 Å². The van der Waals surface area contributed by atoms with Crippen molar-refractivity contribution in [3.8, 4) is 11.3 Å². The van der Waals surface area contributed by atoms with Gasteiger partial charge in [-0.2, -0.15) is 0 Å². The minimum Gasteiger partial charge on any atom is -0.452 e. The highest BCUT2D eigenvalue weighted by molar-refractivity contribution is 5.78. The first kappa shape index (κ1) is 13.7. The van der Waals surface area contributed by atoms with Crippen LogP contribution in [0.5, 0.6) is 0 Å². The van der Waals surface area contributed by atoms with Gasteiger partial charge >= 0.3 is 0 Å². The summed E-state index contributed by atoms with van der Waals surface area (Å²) in [4.78, 5) is 34.4. The van der Waals surface area contributed by atoms with E-state index < -0.39 is 10.4 Å². The molecule has 1 heterocycles. The van der Waals surface area contributed by atoms with Crippen LogP contribution in [-0.2, 0) is 0 Å². The second-order valence-electron chi connectivity index (χ2n) is 4.61. The molecule has 0 atom stereocenters. The molecule has 108 valence electrons. The molecule has 6 nitrogen and oxygen atoms in total. The molecule has 3 rings (SSSR count). The second kappa shape index (κ2) is 5.25. The van der Waals surface area contributed by atoms with Gasteiger partial charge in [0.25, 0.3) is 5.69 Å². The maximum atomic E-state index is 12.2. The molecule has 0 aliphatic heterocycles. The van der Waals surface area contributed by atoms with Gasteiger partial charge in [0.05, 0.1) is 10.3 Å². The largest absolute Gasteiger partial charge is 0.452 e. The van der Waals surface area contributed by atoms with Gasteiger partial charge in [-0.25, -0.2) is 0 Å². The lowest BCUT2D eigenvalue weighted by atomic mass is 10.1. The van der Waals surface area contributed by atoms with Crippen LogP contribution in [0.3, 0.4) is 0 Å². The Labute approximate surface area is 123 Å². The van der Waals surface area contributed by atoms with Gasteiger partial charge in [0.2, 0.25) is 5.43 Å². The predicted molar refractivity (Wildman–Crippen MR) is 80.8 cm³/mol. The maximum absolute atomic E-state index is 12.2. The van der Waals surface area contributed by atoms with Gasteiger partial charge in [0, 0.05) is 23.8 Å². The molecule has 0 aliphatic carbocycles. The van der Waals surface area contributed by atoms with Crippen LogP contribution in [0, 0.1) is 10.1 Å². The van der Waals surface area contributed by atoms with E-state index in [-0.39, 0.29) is 27.8 Å². The number of rotatable bonds is 2. The van der Waals surface area contributed by atoms with Crippen LogP contribution in [0.4, 0.5) is 5.69 Å². The van der Waals surface area contributed by atoms with Crippen LogP contribution in [0.25, 0.3) is 22.3 Å². The highest BCUT2D eigenvalue weighted by atomic mass is 16.6. The second-order valence-corrected chi connectivity index (χ2v) is 4.61. The van der Waals surface area contributed by atoms with E-state index >= 15 is 0 Å². The Morgan fingerprint density at radius 1 is 0.909 bits per heavy atom. The summed E-state index contributed by atoms with van der Waals surface area (Å²) in [7, 11) is 0. The fourth-order valence-corrected chi connectivity index (χ4v) is 2.13. The first-order valence-corrected chi connectivity index (χ1v) is 6.38. The molecule has 0 saturated heterocycles. The van der Waals surface area contributed by atoms with Gasteiger partial charge in [-0.05, 0) is 12.1 Å². The van der Waals surface area contributed by atoms with E-state index in [4.69, 9.17) is 4.42 Å². The molecule has 0 unspecified atom stereocenters. The standard InChI is InChI=1S/C16H9NO5/c18-13-7-2-1-6-12-14(19)9-15(22-16(12)13)10-4-3-5-11(8-10)17(20)21/h1-9H. The van der Waals surface area contributed by atoms with Crippen LogP contribution in [-0.4, -0.2) is 4.92 Å². The minimum absolute atomic E-state index is 0.0704. The first-order valence-electron chi connectivity index (χ1n) is 6.38. The smallest absolute Gasteiger partial charge is 0.270 e. The highest BCUT2D eigenvalue weighted by Crippen LogP contribution is 2.24. The zero-order valence-electron chi connectivity index (χ0n) is 11.2. The number of non-ortho nitro benzene ring substituents is 1. The lowest BCUT2D eigenvalue weighted by Gasteiger charge is -2.01. The van der Waals surface area contributed by atoms with Crippen molar-refractivity contribution >= 4 is 16.7 Å². The number of hydrogen-bond acceptors (Lipinski definition) is 5. The molecule has 0 saturated carbocycles. The Morgan fingerprint density at radius 3 is 2.45 bits per heavy atom. The number of fused-ring (bicyclic) bond motifs is 1. The van der Waals surface area contributed by atoms with Crippen molar-refractivity contribution in [3.63, 3.8) is 0 Å². The topological polar surface area (TPSA) is 90.4 Å². The molecule has 0 fully saturated rings. The van der Waals surface area contributed by atoms with Gasteiger partial charge < -0.3 is 4.42 Å². The molecule has 0 radical (unpaired) electrons. The van der Waals surface area contributed by atoms with Gasteiger partial charge in [-0.1, -0.05) is 24.3 Å². The molecule has 0 spiro atoms. The summed E-state index contributed by atoms with van der Waals surface area (Å²) < 4.78 is 5.52. The Morgan fingerprint density at radius 2 is 1.68 bits per heavy atom. The SMILES string of the molecule is O=c1cc(-c2cccc([N+](=O)[O-])c2)oc2c(=O)ccccc12. The van der Waals surface area contributed by atoms with Gasteiger partial charge in [0.1, 0.15) is 5.76 Å². The summed E-state index contributed by atoms with van der Waals surface area (Å²) in [5, 5.41) is 11.0. The van der Waals surface area contributed by atoms with Crippen molar-refractivity contribution in [2.75, 3.05) is 0 Å². The third kappa shape index (κ3) is 2.37. The number of nitro groups is 1. The third-order valence-corrected chi connectivity index (χ3v) is 3.17. The van der Waals surface area contributed by atoms with E-state index in [2.05, 4.69) is 0 Å². The van der Waals surface area contributed by atoms with Crippen LogP contribution in [0.15, 0.2) is 68.6 Å². The summed E-state index contributed by atoms with van der Waals surface area (Å²) in [5.74, 6) is 0.115. The summed E-state index contributed by atoms with van der Waals surface area (Å²) >= 11 is 0. The fraction of sp³-hybridized carbons (Fsp3) is 0. The summed E-state index contributed by atoms with van der Waals surface area (Å²) in [6.45, 7) is 0. The molecular weight excluding hydrogens is 286 g/mol. The van der Waals surface area contributed by atoms with Crippen molar-refractivity contribution in [2.24, 2.45) is 0 Å².